The third-order valence-corrected chi connectivity index (χ3v) is 2.10. The number of ketones is 1. The summed E-state index contributed by atoms with van der Waals surface area (Å²) < 4.78 is 6.55. The monoisotopic (exact) mass is 203 g/mol. The van der Waals surface area contributed by atoms with Crippen LogP contribution < -0.4 is 0 Å². The summed E-state index contributed by atoms with van der Waals surface area (Å²) in [5.41, 5.74) is 0.481. The van der Waals surface area contributed by atoms with Gasteiger partial charge in [0.05, 0.1) is 18.5 Å². The van der Waals surface area contributed by atoms with Gasteiger partial charge in [-0.2, -0.15) is 0 Å². The van der Waals surface area contributed by atoms with Crippen molar-refractivity contribution in [3.05, 3.63) is 48.2 Å². The Kier molecular flexibility index (Phi) is 2.49. The molecule has 0 aromatic carbocycles. The average molecular weight is 203 g/mol. The first kappa shape index (κ1) is 9.45. The maximum Gasteiger partial charge on any atom is 0.217 e. The number of hydrogen-bond donors (Lipinski definition) is 0. The van der Waals surface area contributed by atoms with E-state index in [0.29, 0.717) is 11.5 Å². The molecule has 0 spiro atoms. The van der Waals surface area contributed by atoms with Crippen LogP contribution in [0.2, 0.25) is 0 Å². The maximum atomic E-state index is 11.6. The predicted molar refractivity (Wildman–Crippen MR) is 52.9 cm³/mol. The molecular weight excluding hydrogens is 194 g/mol. The highest BCUT2D eigenvalue weighted by Crippen LogP contribution is 2.05. The van der Waals surface area contributed by atoms with Gasteiger partial charge in [0.2, 0.25) is 5.78 Å². The zero-order valence-electron chi connectivity index (χ0n) is 7.92. The number of furan rings is 1. The number of Topliss-reactive ketones (excluding diaryl/α,β-unsaturated/α-hetero) is 1. The first-order valence-electron chi connectivity index (χ1n) is 4.48. The quantitative estimate of drug-likeness (QED) is 0.562. The molecule has 15 heavy (non-hydrogen) atoms. The van der Waals surface area contributed by atoms with Gasteiger partial charge < -0.3 is 8.98 Å². The summed E-state index contributed by atoms with van der Waals surface area (Å²) in [6, 6.07) is 6.64. The molecule has 0 unspecified atom stereocenters. The molecule has 4 nitrogen and oxygen atoms in total. The topological polar surface area (TPSA) is 52.2 Å². The van der Waals surface area contributed by atoms with E-state index >= 15 is 0 Å². The van der Waals surface area contributed by atoms with E-state index in [2.05, 4.69) is 0 Å². The van der Waals surface area contributed by atoms with E-state index in [1.54, 1.807) is 35.0 Å². The average Bonchev–Trinajstić information content (AvgIpc) is 2.87. The minimum absolute atomic E-state index is 0.120. The molecule has 0 amide bonds. The zero-order valence-corrected chi connectivity index (χ0v) is 7.92. The van der Waals surface area contributed by atoms with Gasteiger partial charge in [-0.05, 0) is 24.3 Å². The van der Waals surface area contributed by atoms with Crippen molar-refractivity contribution in [3.8, 4) is 0 Å². The molecule has 2 heterocycles. The van der Waals surface area contributed by atoms with Crippen molar-refractivity contribution in [2.75, 3.05) is 0 Å². The van der Waals surface area contributed by atoms with Gasteiger partial charge in [0.1, 0.15) is 0 Å². The Hall–Kier alpha value is -2.10. The van der Waals surface area contributed by atoms with Gasteiger partial charge in [-0.3, -0.25) is 9.59 Å². The van der Waals surface area contributed by atoms with E-state index in [0.717, 1.165) is 6.29 Å². The highest BCUT2D eigenvalue weighted by molar-refractivity contribution is 5.93. The number of aldehydes is 1. The zero-order chi connectivity index (χ0) is 10.7. The molecule has 0 saturated heterocycles. The molecule has 0 bridgehead atoms. The molecule has 2 rings (SSSR count). The summed E-state index contributed by atoms with van der Waals surface area (Å²) in [7, 11) is 0. The van der Waals surface area contributed by atoms with E-state index in [4.69, 9.17) is 4.42 Å². The van der Waals surface area contributed by atoms with Crippen molar-refractivity contribution in [1.82, 2.24) is 4.57 Å². The molecule has 2 aromatic rings. The summed E-state index contributed by atoms with van der Waals surface area (Å²) in [6.07, 6.45) is 3.85. The van der Waals surface area contributed by atoms with Crippen LogP contribution >= 0.6 is 0 Å². The summed E-state index contributed by atoms with van der Waals surface area (Å²) in [6.45, 7) is 0.120. The number of nitrogens with zero attached hydrogens (tertiary/aromatic N) is 1. The highest BCUT2D eigenvalue weighted by atomic mass is 16.3. The minimum Gasteiger partial charge on any atom is -0.461 e. The predicted octanol–water partition coefficient (Wildman–Crippen LogP) is 1.78. The molecular formula is C11H9NO3. The summed E-state index contributed by atoms with van der Waals surface area (Å²) in [4.78, 5) is 22.2. The Morgan fingerprint density at radius 2 is 2.27 bits per heavy atom. The van der Waals surface area contributed by atoms with Crippen LogP contribution in [-0.2, 0) is 6.54 Å². The normalized spacial score (nSPS) is 10.1. The smallest absolute Gasteiger partial charge is 0.217 e. The third kappa shape index (κ3) is 1.88. The third-order valence-electron chi connectivity index (χ3n) is 2.10. The van der Waals surface area contributed by atoms with Crippen molar-refractivity contribution in [2.45, 2.75) is 6.54 Å². The summed E-state index contributed by atoms with van der Waals surface area (Å²) in [5, 5.41) is 0. The second-order valence-corrected chi connectivity index (χ2v) is 3.08. The van der Waals surface area contributed by atoms with Gasteiger partial charge in [0, 0.05) is 6.20 Å². The van der Waals surface area contributed by atoms with Crippen molar-refractivity contribution in [2.24, 2.45) is 0 Å². The largest absolute Gasteiger partial charge is 0.461 e. The van der Waals surface area contributed by atoms with Gasteiger partial charge in [0.25, 0.3) is 0 Å². The maximum absolute atomic E-state index is 11.6. The molecule has 0 aliphatic rings. The van der Waals surface area contributed by atoms with Gasteiger partial charge in [-0.25, -0.2) is 0 Å². The number of carbonyl (C=O) groups excluding carboxylic acids is 2. The molecule has 0 aliphatic heterocycles. The lowest BCUT2D eigenvalue weighted by Crippen LogP contribution is -2.10. The standard InChI is InChI=1S/C11H9NO3/c13-8-9-3-1-5-12(9)7-10(14)11-4-2-6-15-11/h1-6,8H,7H2. The Balaban J connectivity index is 2.16. The molecule has 0 atom stereocenters. The lowest BCUT2D eigenvalue weighted by molar-refractivity contribution is 0.0944. The Morgan fingerprint density at radius 3 is 2.93 bits per heavy atom. The van der Waals surface area contributed by atoms with Crippen LogP contribution in [-0.4, -0.2) is 16.6 Å². The SMILES string of the molecule is O=Cc1cccn1CC(=O)c1ccco1. The van der Waals surface area contributed by atoms with Crippen LogP contribution in [0.1, 0.15) is 21.0 Å². The lowest BCUT2D eigenvalue weighted by Gasteiger charge is -2.01. The molecule has 4 heteroatoms. The molecule has 76 valence electrons. The summed E-state index contributed by atoms with van der Waals surface area (Å²) in [5.74, 6) is 0.153. The second-order valence-electron chi connectivity index (χ2n) is 3.08. The first-order valence-corrected chi connectivity index (χ1v) is 4.48. The fourth-order valence-corrected chi connectivity index (χ4v) is 1.35. The number of rotatable bonds is 4. The fourth-order valence-electron chi connectivity index (χ4n) is 1.35. The van der Waals surface area contributed by atoms with Crippen molar-refractivity contribution in [3.63, 3.8) is 0 Å². The molecule has 0 saturated carbocycles. The van der Waals surface area contributed by atoms with Gasteiger partial charge in [-0.15, -0.1) is 0 Å². The van der Waals surface area contributed by atoms with Crippen LogP contribution in [0.15, 0.2) is 41.1 Å². The van der Waals surface area contributed by atoms with Gasteiger partial charge in [-0.1, -0.05) is 0 Å². The summed E-state index contributed by atoms with van der Waals surface area (Å²) >= 11 is 0. The van der Waals surface area contributed by atoms with Crippen molar-refractivity contribution < 1.29 is 14.0 Å². The van der Waals surface area contributed by atoms with Crippen LogP contribution in [0, 0.1) is 0 Å². The van der Waals surface area contributed by atoms with Crippen molar-refractivity contribution >= 4 is 12.1 Å². The molecule has 0 radical (unpaired) electrons. The Morgan fingerprint density at radius 1 is 1.40 bits per heavy atom. The highest BCUT2D eigenvalue weighted by Gasteiger charge is 2.10. The van der Waals surface area contributed by atoms with Crippen molar-refractivity contribution in [1.29, 1.82) is 0 Å². The minimum atomic E-state index is -0.153. The molecule has 2 aromatic heterocycles. The lowest BCUT2D eigenvalue weighted by atomic mass is 10.3. The Labute approximate surface area is 86.1 Å². The number of hydrogen-bond acceptors (Lipinski definition) is 3. The Bertz CT molecular complexity index is 468. The van der Waals surface area contributed by atoms with Crippen LogP contribution in [0.5, 0.6) is 0 Å². The number of aromatic nitrogens is 1. The van der Waals surface area contributed by atoms with Crippen LogP contribution in [0.4, 0.5) is 0 Å². The van der Waals surface area contributed by atoms with Crippen LogP contribution in [0.25, 0.3) is 0 Å². The first-order chi connectivity index (χ1) is 7.31. The van der Waals surface area contributed by atoms with E-state index in [9.17, 15) is 9.59 Å². The number of carbonyl (C=O) groups is 2. The van der Waals surface area contributed by atoms with Gasteiger partial charge in [0.15, 0.2) is 12.0 Å². The van der Waals surface area contributed by atoms with E-state index < -0.39 is 0 Å². The van der Waals surface area contributed by atoms with E-state index in [1.165, 1.54) is 6.26 Å². The molecule has 0 fully saturated rings. The molecule has 0 aliphatic carbocycles. The van der Waals surface area contributed by atoms with Crippen LogP contribution in [0.3, 0.4) is 0 Å². The van der Waals surface area contributed by atoms with E-state index in [-0.39, 0.29) is 12.3 Å². The van der Waals surface area contributed by atoms with Gasteiger partial charge >= 0.3 is 0 Å². The second kappa shape index (κ2) is 3.96. The fraction of sp³-hybridized carbons (Fsp3) is 0.0909. The van der Waals surface area contributed by atoms with E-state index in [1.807, 2.05) is 0 Å². The molecule has 0 N–H and O–H groups in total.